The highest BCUT2D eigenvalue weighted by Gasteiger charge is 2.33. The highest BCUT2D eigenvalue weighted by atomic mass is 19.1. The molecule has 1 amide bonds. The predicted molar refractivity (Wildman–Crippen MR) is 77.5 cm³/mol. The van der Waals surface area contributed by atoms with Gasteiger partial charge in [-0.1, -0.05) is 12.5 Å². The molecule has 2 unspecified atom stereocenters. The van der Waals surface area contributed by atoms with E-state index in [0.29, 0.717) is 12.1 Å². The zero-order valence-corrected chi connectivity index (χ0v) is 12.2. The molecule has 1 fully saturated rings. The first-order valence-corrected chi connectivity index (χ1v) is 7.29. The Morgan fingerprint density at radius 1 is 1.52 bits per heavy atom. The van der Waals surface area contributed by atoms with Crippen LogP contribution in [0.15, 0.2) is 18.2 Å². The molecule has 112 valence electrons. The van der Waals surface area contributed by atoms with E-state index in [1.165, 1.54) is 6.07 Å². The third-order valence-corrected chi connectivity index (χ3v) is 4.12. The maximum Gasteiger partial charge on any atom is 0.227 e. The van der Waals surface area contributed by atoms with E-state index in [4.69, 9.17) is 11.0 Å². The maximum atomic E-state index is 13.9. The van der Waals surface area contributed by atoms with Crippen LogP contribution in [0.4, 0.5) is 4.39 Å². The molecule has 2 rings (SSSR count). The minimum atomic E-state index is -0.448. The summed E-state index contributed by atoms with van der Waals surface area (Å²) < 4.78 is 13.9. The molecule has 4 nitrogen and oxygen atoms in total. The van der Waals surface area contributed by atoms with Crippen LogP contribution in [0.5, 0.6) is 0 Å². The SMILES string of the molecule is CCN(Cc1ccc(C#N)cc1F)C(=O)C1CCCC1N. The van der Waals surface area contributed by atoms with Crippen molar-refractivity contribution in [3.05, 3.63) is 35.1 Å². The monoisotopic (exact) mass is 289 g/mol. The molecule has 2 atom stereocenters. The smallest absolute Gasteiger partial charge is 0.227 e. The highest BCUT2D eigenvalue weighted by Crippen LogP contribution is 2.26. The molecule has 1 aromatic rings. The molecule has 1 aliphatic rings. The largest absolute Gasteiger partial charge is 0.338 e. The Morgan fingerprint density at radius 2 is 2.29 bits per heavy atom. The van der Waals surface area contributed by atoms with Crippen molar-refractivity contribution in [1.82, 2.24) is 4.90 Å². The Hall–Kier alpha value is -1.93. The van der Waals surface area contributed by atoms with Gasteiger partial charge in [0, 0.05) is 24.7 Å². The molecular weight excluding hydrogens is 269 g/mol. The molecule has 0 spiro atoms. The number of carbonyl (C=O) groups is 1. The Kier molecular flexibility index (Phi) is 4.92. The van der Waals surface area contributed by atoms with Crippen LogP contribution in [0.25, 0.3) is 0 Å². The summed E-state index contributed by atoms with van der Waals surface area (Å²) in [6, 6.07) is 6.15. The maximum absolute atomic E-state index is 13.9. The second-order valence-corrected chi connectivity index (χ2v) is 5.47. The van der Waals surface area contributed by atoms with Crippen LogP contribution < -0.4 is 5.73 Å². The fraction of sp³-hybridized carbons (Fsp3) is 0.500. The molecule has 0 radical (unpaired) electrons. The van der Waals surface area contributed by atoms with Crippen molar-refractivity contribution < 1.29 is 9.18 Å². The second-order valence-electron chi connectivity index (χ2n) is 5.47. The fourth-order valence-corrected chi connectivity index (χ4v) is 2.83. The lowest BCUT2D eigenvalue weighted by molar-refractivity contribution is -0.136. The average molecular weight is 289 g/mol. The Labute approximate surface area is 124 Å². The van der Waals surface area contributed by atoms with Crippen molar-refractivity contribution in [2.24, 2.45) is 11.7 Å². The van der Waals surface area contributed by atoms with Crippen molar-refractivity contribution in [3.8, 4) is 6.07 Å². The number of carbonyl (C=O) groups excluding carboxylic acids is 1. The van der Waals surface area contributed by atoms with Gasteiger partial charge in [0.1, 0.15) is 5.82 Å². The summed E-state index contributed by atoms with van der Waals surface area (Å²) in [4.78, 5) is 14.1. The van der Waals surface area contributed by atoms with Gasteiger partial charge in [0.25, 0.3) is 0 Å². The van der Waals surface area contributed by atoms with Gasteiger partial charge in [0.2, 0.25) is 5.91 Å². The molecule has 1 aromatic carbocycles. The first-order chi connectivity index (χ1) is 10.1. The number of benzene rings is 1. The van der Waals surface area contributed by atoms with E-state index in [1.54, 1.807) is 17.0 Å². The van der Waals surface area contributed by atoms with Crippen LogP contribution in [0.1, 0.15) is 37.3 Å². The third-order valence-electron chi connectivity index (χ3n) is 4.12. The van der Waals surface area contributed by atoms with E-state index in [1.807, 2.05) is 13.0 Å². The molecule has 1 aliphatic carbocycles. The van der Waals surface area contributed by atoms with Crippen molar-refractivity contribution in [2.75, 3.05) is 6.54 Å². The predicted octanol–water partition coefficient (Wildman–Crippen LogP) is 2.17. The number of nitrogens with two attached hydrogens (primary N) is 1. The molecule has 0 bridgehead atoms. The van der Waals surface area contributed by atoms with Crippen LogP contribution in [0, 0.1) is 23.1 Å². The molecule has 21 heavy (non-hydrogen) atoms. The average Bonchev–Trinajstić information content (AvgIpc) is 2.91. The van der Waals surface area contributed by atoms with Crippen LogP contribution >= 0.6 is 0 Å². The van der Waals surface area contributed by atoms with E-state index >= 15 is 0 Å². The number of rotatable bonds is 4. The van der Waals surface area contributed by atoms with E-state index in [9.17, 15) is 9.18 Å². The van der Waals surface area contributed by atoms with Gasteiger partial charge < -0.3 is 10.6 Å². The third kappa shape index (κ3) is 3.40. The van der Waals surface area contributed by atoms with E-state index in [-0.39, 0.29) is 30.0 Å². The number of nitrogens with zero attached hydrogens (tertiary/aromatic N) is 2. The van der Waals surface area contributed by atoms with Gasteiger partial charge in [-0.15, -0.1) is 0 Å². The summed E-state index contributed by atoms with van der Waals surface area (Å²) >= 11 is 0. The Bertz CT molecular complexity index is 567. The molecule has 0 heterocycles. The molecule has 5 heteroatoms. The quantitative estimate of drug-likeness (QED) is 0.923. The van der Waals surface area contributed by atoms with Gasteiger partial charge in [-0.05, 0) is 31.9 Å². The van der Waals surface area contributed by atoms with E-state index in [0.717, 1.165) is 19.3 Å². The number of hydrogen-bond donors (Lipinski definition) is 1. The number of nitriles is 1. The van der Waals surface area contributed by atoms with Crippen LogP contribution in [-0.2, 0) is 11.3 Å². The zero-order valence-electron chi connectivity index (χ0n) is 12.2. The number of hydrogen-bond acceptors (Lipinski definition) is 3. The molecular formula is C16H20FN3O. The summed E-state index contributed by atoms with van der Waals surface area (Å²) in [6.45, 7) is 2.61. The van der Waals surface area contributed by atoms with Crippen molar-refractivity contribution in [2.45, 2.75) is 38.8 Å². The summed E-state index contributed by atoms with van der Waals surface area (Å²) in [7, 11) is 0. The van der Waals surface area contributed by atoms with Gasteiger partial charge >= 0.3 is 0 Å². The lowest BCUT2D eigenvalue weighted by atomic mass is 10.0. The van der Waals surface area contributed by atoms with E-state index in [2.05, 4.69) is 0 Å². The topological polar surface area (TPSA) is 70.1 Å². The number of halogens is 1. The van der Waals surface area contributed by atoms with Gasteiger partial charge in [0.15, 0.2) is 0 Å². The van der Waals surface area contributed by atoms with Crippen molar-refractivity contribution >= 4 is 5.91 Å². The standard InChI is InChI=1S/C16H20FN3O/c1-2-20(16(21)13-4-3-5-15(13)19)10-12-7-6-11(9-18)8-14(12)17/h6-8,13,15H,2-5,10,19H2,1H3. The minimum Gasteiger partial charge on any atom is -0.338 e. The van der Waals surface area contributed by atoms with Gasteiger partial charge in [0.05, 0.1) is 17.6 Å². The van der Waals surface area contributed by atoms with Gasteiger partial charge in [-0.2, -0.15) is 5.26 Å². The minimum absolute atomic E-state index is 0.00580. The normalized spacial score (nSPS) is 21.0. The summed E-state index contributed by atoms with van der Waals surface area (Å²) in [6.07, 6.45) is 2.66. The van der Waals surface area contributed by atoms with Gasteiger partial charge in [-0.25, -0.2) is 4.39 Å². The Balaban J connectivity index is 2.12. The zero-order chi connectivity index (χ0) is 15.4. The van der Waals surface area contributed by atoms with Crippen LogP contribution in [0.2, 0.25) is 0 Å². The summed E-state index contributed by atoms with van der Waals surface area (Å²) in [5, 5.41) is 8.75. The fourth-order valence-electron chi connectivity index (χ4n) is 2.83. The molecule has 0 saturated heterocycles. The van der Waals surface area contributed by atoms with Crippen LogP contribution in [-0.4, -0.2) is 23.4 Å². The molecule has 0 aromatic heterocycles. The summed E-state index contributed by atoms with van der Waals surface area (Å²) in [5.74, 6) is -0.589. The Morgan fingerprint density at radius 3 is 2.81 bits per heavy atom. The van der Waals surface area contributed by atoms with Gasteiger partial charge in [-0.3, -0.25) is 4.79 Å². The van der Waals surface area contributed by atoms with Crippen molar-refractivity contribution in [3.63, 3.8) is 0 Å². The van der Waals surface area contributed by atoms with Crippen molar-refractivity contribution in [1.29, 1.82) is 5.26 Å². The molecule has 2 N–H and O–H groups in total. The van der Waals surface area contributed by atoms with E-state index < -0.39 is 5.82 Å². The lowest BCUT2D eigenvalue weighted by Gasteiger charge is -2.26. The summed E-state index contributed by atoms with van der Waals surface area (Å²) in [5.41, 5.74) is 6.68. The molecule has 0 aliphatic heterocycles. The number of amides is 1. The first-order valence-electron chi connectivity index (χ1n) is 7.29. The first kappa shape index (κ1) is 15.5. The second kappa shape index (κ2) is 6.68. The highest BCUT2D eigenvalue weighted by molar-refractivity contribution is 5.79. The lowest BCUT2D eigenvalue weighted by Crippen LogP contribution is -2.41. The van der Waals surface area contributed by atoms with Crippen LogP contribution in [0.3, 0.4) is 0 Å². The molecule has 1 saturated carbocycles.